The molecule has 1 amide bonds. The van der Waals surface area contributed by atoms with Crippen molar-refractivity contribution in [2.24, 2.45) is 0 Å². The summed E-state index contributed by atoms with van der Waals surface area (Å²) in [4.78, 5) is 15.3. The second kappa shape index (κ2) is 5.80. The van der Waals surface area contributed by atoms with Crippen LogP contribution >= 0.6 is 0 Å². The molecule has 1 heterocycles. The normalized spacial score (nSPS) is 24.2. The fourth-order valence-electron chi connectivity index (χ4n) is 4.02. The van der Waals surface area contributed by atoms with Crippen LogP contribution in [-0.4, -0.2) is 37.0 Å². The minimum atomic E-state index is -0.274. The average Bonchev–Trinajstić information content (AvgIpc) is 3.17. The van der Waals surface area contributed by atoms with E-state index in [1.807, 2.05) is 11.9 Å². The zero-order valence-corrected chi connectivity index (χ0v) is 13.2. The van der Waals surface area contributed by atoms with E-state index < -0.39 is 0 Å². The van der Waals surface area contributed by atoms with Gasteiger partial charge in [0, 0.05) is 19.6 Å². The minimum Gasteiger partial charge on any atom is -0.341 e. The van der Waals surface area contributed by atoms with Gasteiger partial charge in [-0.1, -0.05) is 42.7 Å². The number of amides is 1. The Bertz CT molecular complexity index is 514. The molecule has 3 nitrogen and oxygen atoms in total. The first kappa shape index (κ1) is 14.6. The van der Waals surface area contributed by atoms with Crippen LogP contribution in [0.3, 0.4) is 0 Å². The lowest BCUT2D eigenvalue weighted by Gasteiger charge is -2.36. The van der Waals surface area contributed by atoms with Gasteiger partial charge in [-0.05, 0) is 38.3 Å². The number of nitrogens with zero attached hydrogens (tertiary/aromatic N) is 1. The molecule has 0 spiro atoms. The third kappa shape index (κ3) is 2.59. The van der Waals surface area contributed by atoms with E-state index in [4.69, 9.17) is 0 Å². The SMILES string of the molecule is Cc1cccc(C2(C(=O)N(C)C3CCNC3)CCCC2)c1. The van der Waals surface area contributed by atoms with Gasteiger partial charge in [0.2, 0.25) is 5.91 Å². The van der Waals surface area contributed by atoms with E-state index in [0.29, 0.717) is 11.9 Å². The molecule has 3 rings (SSSR count). The highest BCUT2D eigenvalue weighted by Gasteiger charge is 2.45. The fraction of sp³-hybridized carbons (Fsp3) is 0.611. The van der Waals surface area contributed by atoms with Crippen LogP contribution in [0.15, 0.2) is 24.3 Å². The van der Waals surface area contributed by atoms with Gasteiger partial charge in [-0.2, -0.15) is 0 Å². The summed E-state index contributed by atoms with van der Waals surface area (Å²) in [6.45, 7) is 4.08. The van der Waals surface area contributed by atoms with E-state index >= 15 is 0 Å². The molecule has 1 aromatic rings. The van der Waals surface area contributed by atoms with Gasteiger partial charge >= 0.3 is 0 Å². The molecule has 2 aliphatic rings. The summed E-state index contributed by atoms with van der Waals surface area (Å²) < 4.78 is 0. The molecule has 1 N–H and O–H groups in total. The van der Waals surface area contributed by atoms with Crippen LogP contribution < -0.4 is 5.32 Å². The summed E-state index contributed by atoms with van der Waals surface area (Å²) in [5.74, 6) is 0.333. The zero-order chi connectivity index (χ0) is 14.9. The van der Waals surface area contributed by atoms with Crippen LogP contribution in [0, 0.1) is 6.92 Å². The van der Waals surface area contributed by atoms with Crippen LogP contribution in [0.5, 0.6) is 0 Å². The Hall–Kier alpha value is -1.35. The van der Waals surface area contributed by atoms with Gasteiger partial charge in [-0.25, -0.2) is 0 Å². The second-order valence-electron chi connectivity index (χ2n) is 6.72. The Labute approximate surface area is 127 Å². The van der Waals surface area contributed by atoms with E-state index in [2.05, 4.69) is 36.5 Å². The molecular weight excluding hydrogens is 260 g/mol. The first-order valence-corrected chi connectivity index (χ1v) is 8.19. The number of likely N-dealkylation sites (N-methyl/N-ethyl adjacent to an activating group) is 1. The topological polar surface area (TPSA) is 32.3 Å². The van der Waals surface area contributed by atoms with Crippen LogP contribution in [-0.2, 0) is 10.2 Å². The number of carbonyl (C=O) groups is 1. The largest absolute Gasteiger partial charge is 0.341 e. The van der Waals surface area contributed by atoms with Crippen LogP contribution in [0.4, 0.5) is 0 Å². The molecule has 1 unspecified atom stereocenters. The zero-order valence-electron chi connectivity index (χ0n) is 13.2. The van der Waals surface area contributed by atoms with E-state index in [0.717, 1.165) is 45.2 Å². The number of hydrogen-bond acceptors (Lipinski definition) is 2. The number of carbonyl (C=O) groups excluding carboxylic acids is 1. The van der Waals surface area contributed by atoms with Gasteiger partial charge in [-0.15, -0.1) is 0 Å². The van der Waals surface area contributed by atoms with Gasteiger partial charge in [-0.3, -0.25) is 4.79 Å². The highest BCUT2D eigenvalue weighted by Crippen LogP contribution is 2.43. The van der Waals surface area contributed by atoms with Crippen molar-refractivity contribution in [3.63, 3.8) is 0 Å². The summed E-state index contributed by atoms with van der Waals surface area (Å²) in [6, 6.07) is 8.93. The standard InChI is InChI=1S/C18H26N2O/c1-14-6-5-7-15(12-14)18(9-3-4-10-18)17(21)20(2)16-8-11-19-13-16/h5-7,12,16,19H,3-4,8-11,13H2,1-2H3. The number of hydrogen-bond donors (Lipinski definition) is 1. The molecule has 2 fully saturated rings. The molecule has 0 radical (unpaired) electrons. The van der Waals surface area contributed by atoms with Gasteiger partial charge in [0.15, 0.2) is 0 Å². The van der Waals surface area contributed by atoms with Crippen LogP contribution in [0.1, 0.15) is 43.2 Å². The summed E-state index contributed by atoms with van der Waals surface area (Å²) in [5.41, 5.74) is 2.20. The number of nitrogens with one attached hydrogen (secondary N) is 1. The smallest absolute Gasteiger partial charge is 0.233 e. The maximum Gasteiger partial charge on any atom is 0.233 e. The van der Waals surface area contributed by atoms with Crippen molar-refractivity contribution >= 4 is 5.91 Å². The lowest BCUT2D eigenvalue weighted by atomic mass is 9.77. The van der Waals surface area contributed by atoms with Crippen LogP contribution in [0.2, 0.25) is 0 Å². The third-order valence-electron chi connectivity index (χ3n) is 5.34. The second-order valence-corrected chi connectivity index (χ2v) is 6.72. The third-order valence-corrected chi connectivity index (χ3v) is 5.34. The minimum absolute atomic E-state index is 0.274. The predicted octanol–water partition coefficient (Wildman–Crippen LogP) is 2.63. The lowest BCUT2D eigenvalue weighted by Crippen LogP contribution is -2.48. The average molecular weight is 286 g/mol. The summed E-state index contributed by atoms with van der Waals surface area (Å²) in [7, 11) is 2.00. The molecule has 1 aliphatic heterocycles. The molecule has 0 bridgehead atoms. The van der Waals surface area contributed by atoms with E-state index in [1.165, 1.54) is 11.1 Å². The molecule has 1 aromatic carbocycles. The van der Waals surface area contributed by atoms with Gasteiger partial charge in [0.25, 0.3) is 0 Å². The summed E-state index contributed by atoms with van der Waals surface area (Å²) >= 11 is 0. The molecule has 1 aliphatic carbocycles. The van der Waals surface area contributed by atoms with Crippen molar-refractivity contribution in [1.29, 1.82) is 0 Å². The van der Waals surface area contributed by atoms with Crippen molar-refractivity contribution in [3.05, 3.63) is 35.4 Å². The first-order chi connectivity index (χ1) is 10.1. The summed E-state index contributed by atoms with van der Waals surface area (Å²) in [5, 5.41) is 3.37. The number of aryl methyl sites for hydroxylation is 1. The molecule has 1 atom stereocenters. The molecule has 0 aromatic heterocycles. The monoisotopic (exact) mass is 286 g/mol. The van der Waals surface area contributed by atoms with Crippen molar-refractivity contribution in [2.75, 3.05) is 20.1 Å². The maximum atomic E-state index is 13.3. The molecule has 1 saturated heterocycles. The maximum absolute atomic E-state index is 13.3. The van der Waals surface area contributed by atoms with Crippen molar-refractivity contribution in [3.8, 4) is 0 Å². The Morgan fingerprint density at radius 2 is 2.10 bits per heavy atom. The Kier molecular flexibility index (Phi) is 4.03. The highest BCUT2D eigenvalue weighted by atomic mass is 16.2. The molecule has 114 valence electrons. The molecule has 21 heavy (non-hydrogen) atoms. The van der Waals surface area contributed by atoms with Gasteiger partial charge in [0.05, 0.1) is 5.41 Å². The van der Waals surface area contributed by atoms with Gasteiger partial charge in [0.1, 0.15) is 0 Å². The van der Waals surface area contributed by atoms with Gasteiger partial charge < -0.3 is 10.2 Å². The van der Waals surface area contributed by atoms with E-state index in [1.54, 1.807) is 0 Å². The number of rotatable bonds is 3. The Morgan fingerprint density at radius 3 is 2.71 bits per heavy atom. The van der Waals surface area contributed by atoms with Crippen molar-refractivity contribution in [2.45, 2.75) is 50.5 Å². The quantitative estimate of drug-likeness (QED) is 0.926. The first-order valence-electron chi connectivity index (χ1n) is 8.19. The summed E-state index contributed by atoms with van der Waals surface area (Å²) in [6.07, 6.45) is 5.40. The molecule has 1 saturated carbocycles. The van der Waals surface area contributed by atoms with E-state index in [9.17, 15) is 4.79 Å². The van der Waals surface area contributed by atoms with E-state index in [-0.39, 0.29) is 5.41 Å². The van der Waals surface area contributed by atoms with Crippen molar-refractivity contribution < 1.29 is 4.79 Å². The van der Waals surface area contributed by atoms with Crippen LogP contribution in [0.25, 0.3) is 0 Å². The lowest BCUT2D eigenvalue weighted by molar-refractivity contribution is -0.137. The number of benzene rings is 1. The molecular formula is C18H26N2O. The Morgan fingerprint density at radius 1 is 1.33 bits per heavy atom. The Balaban J connectivity index is 1.91. The highest BCUT2D eigenvalue weighted by molar-refractivity contribution is 5.88. The predicted molar refractivity (Wildman–Crippen MR) is 85.4 cm³/mol. The molecule has 3 heteroatoms. The van der Waals surface area contributed by atoms with Crippen molar-refractivity contribution in [1.82, 2.24) is 10.2 Å². The fourth-order valence-corrected chi connectivity index (χ4v) is 4.02.